The molecule has 6 heteroatoms. The Morgan fingerprint density at radius 1 is 1.08 bits per heavy atom. The van der Waals surface area contributed by atoms with E-state index in [1.165, 1.54) is 25.2 Å². The number of aliphatic imine (C=N–C) groups is 1. The van der Waals surface area contributed by atoms with Crippen LogP contribution in [0.3, 0.4) is 0 Å². The Hall–Kier alpha value is -1.66. The number of nitrogens with zero attached hydrogens (tertiary/aromatic N) is 3. The summed E-state index contributed by atoms with van der Waals surface area (Å²) in [6.07, 6.45) is 0. The smallest absolute Gasteiger partial charge is 0.191 e. The van der Waals surface area contributed by atoms with E-state index in [1.807, 2.05) is 0 Å². The summed E-state index contributed by atoms with van der Waals surface area (Å²) in [6.45, 7) is 15.8. The highest BCUT2D eigenvalue weighted by molar-refractivity contribution is 5.79. The molecule has 2 rings (SSSR count). The highest BCUT2D eigenvalue weighted by atomic mass is 19.1. The summed E-state index contributed by atoms with van der Waals surface area (Å²) < 4.78 is 13.0. The van der Waals surface area contributed by atoms with Gasteiger partial charge >= 0.3 is 0 Å². The molecule has 0 spiro atoms. The van der Waals surface area contributed by atoms with Crippen LogP contribution in [-0.2, 0) is 6.54 Å². The lowest BCUT2D eigenvalue weighted by Gasteiger charge is -2.35. The van der Waals surface area contributed by atoms with Gasteiger partial charge in [-0.1, -0.05) is 26.0 Å². The highest BCUT2D eigenvalue weighted by Gasteiger charge is 2.17. The molecule has 0 aromatic heterocycles. The number of piperazine rings is 1. The number of halogens is 1. The Morgan fingerprint density at radius 3 is 2.35 bits per heavy atom. The number of likely N-dealkylation sites (N-methyl/N-ethyl adjacent to an activating group) is 1. The van der Waals surface area contributed by atoms with Gasteiger partial charge in [-0.05, 0) is 37.1 Å². The molecule has 2 N–H and O–H groups in total. The van der Waals surface area contributed by atoms with Crippen LogP contribution in [0.25, 0.3) is 0 Å². The van der Waals surface area contributed by atoms with Crippen molar-refractivity contribution in [1.29, 1.82) is 0 Å². The number of benzene rings is 1. The van der Waals surface area contributed by atoms with E-state index in [-0.39, 0.29) is 5.82 Å². The lowest BCUT2D eigenvalue weighted by atomic mass is 10.1. The first-order valence-electron chi connectivity index (χ1n) is 9.82. The molecule has 0 aliphatic carbocycles. The zero-order valence-corrected chi connectivity index (χ0v) is 16.5. The van der Waals surface area contributed by atoms with Gasteiger partial charge in [-0.15, -0.1) is 0 Å². The Labute approximate surface area is 157 Å². The van der Waals surface area contributed by atoms with E-state index < -0.39 is 0 Å². The van der Waals surface area contributed by atoms with Gasteiger partial charge in [0.05, 0.1) is 6.54 Å². The lowest BCUT2D eigenvalue weighted by Crippen LogP contribution is -2.48. The molecule has 1 aromatic carbocycles. The Morgan fingerprint density at radius 2 is 1.73 bits per heavy atom. The van der Waals surface area contributed by atoms with Gasteiger partial charge in [0.25, 0.3) is 0 Å². The van der Waals surface area contributed by atoms with Gasteiger partial charge in [-0.2, -0.15) is 0 Å². The minimum atomic E-state index is -0.212. The molecule has 1 heterocycles. The molecule has 0 saturated carbocycles. The molecule has 1 aromatic rings. The fourth-order valence-corrected chi connectivity index (χ4v) is 3.17. The fraction of sp³-hybridized carbons (Fsp3) is 0.650. The van der Waals surface area contributed by atoms with Crippen molar-refractivity contribution in [2.75, 3.05) is 52.4 Å². The number of nitrogens with one attached hydrogen (secondary N) is 2. The van der Waals surface area contributed by atoms with Crippen LogP contribution in [0.2, 0.25) is 0 Å². The van der Waals surface area contributed by atoms with E-state index in [4.69, 9.17) is 0 Å². The molecular weight excluding hydrogens is 329 g/mol. The summed E-state index contributed by atoms with van der Waals surface area (Å²) >= 11 is 0. The van der Waals surface area contributed by atoms with Crippen LogP contribution in [0.15, 0.2) is 29.3 Å². The molecule has 0 amide bonds. The third-order valence-corrected chi connectivity index (χ3v) is 4.78. The Balaban J connectivity index is 1.76. The van der Waals surface area contributed by atoms with Gasteiger partial charge in [-0.25, -0.2) is 9.38 Å². The topological polar surface area (TPSA) is 42.9 Å². The number of hydrogen-bond donors (Lipinski definition) is 2. The molecule has 1 unspecified atom stereocenters. The van der Waals surface area contributed by atoms with E-state index in [0.29, 0.717) is 12.5 Å². The Kier molecular flexibility index (Phi) is 8.85. The predicted molar refractivity (Wildman–Crippen MR) is 107 cm³/mol. The summed E-state index contributed by atoms with van der Waals surface area (Å²) in [7, 11) is 0. The van der Waals surface area contributed by atoms with Crippen molar-refractivity contribution in [3.63, 3.8) is 0 Å². The monoisotopic (exact) mass is 363 g/mol. The quantitative estimate of drug-likeness (QED) is 0.549. The molecule has 1 aliphatic rings. The van der Waals surface area contributed by atoms with Crippen molar-refractivity contribution < 1.29 is 4.39 Å². The van der Waals surface area contributed by atoms with E-state index in [0.717, 1.165) is 50.8 Å². The average Bonchev–Trinajstić information content (AvgIpc) is 2.66. The number of hydrogen-bond acceptors (Lipinski definition) is 3. The summed E-state index contributed by atoms with van der Waals surface area (Å²) in [5.74, 6) is 1.16. The molecule has 146 valence electrons. The lowest BCUT2D eigenvalue weighted by molar-refractivity contribution is 0.124. The average molecular weight is 364 g/mol. The van der Waals surface area contributed by atoms with Crippen molar-refractivity contribution in [3.05, 3.63) is 35.6 Å². The van der Waals surface area contributed by atoms with E-state index in [1.54, 1.807) is 12.1 Å². The second kappa shape index (κ2) is 11.1. The highest BCUT2D eigenvalue weighted by Crippen LogP contribution is 2.06. The first-order valence-corrected chi connectivity index (χ1v) is 9.82. The van der Waals surface area contributed by atoms with E-state index in [9.17, 15) is 4.39 Å². The van der Waals surface area contributed by atoms with Crippen LogP contribution in [0, 0.1) is 11.7 Å². The third-order valence-electron chi connectivity index (χ3n) is 4.78. The van der Waals surface area contributed by atoms with Gasteiger partial charge in [0.2, 0.25) is 0 Å². The number of guanidine groups is 1. The zero-order chi connectivity index (χ0) is 18.8. The molecule has 26 heavy (non-hydrogen) atoms. The molecule has 1 saturated heterocycles. The maximum Gasteiger partial charge on any atom is 0.191 e. The van der Waals surface area contributed by atoms with Crippen molar-refractivity contribution in [1.82, 2.24) is 20.4 Å². The summed E-state index contributed by atoms with van der Waals surface area (Å²) in [5.41, 5.74) is 1.01. The first kappa shape index (κ1) is 20.6. The second-order valence-corrected chi connectivity index (χ2v) is 7.04. The predicted octanol–water partition coefficient (Wildman–Crippen LogP) is 2.15. The van der Waals surface area contributed by atoms with Gasteiger partial charge in [0.1, 0.15) is 5.82 Å². The summed E-state index contributed by atoms with van der Waals surface area (Å²) in [5, 5.41) is 6.72. The molecule has 1 fully saturated rings. The molecule has 0 bridgehead atoms. The SMILES string of the molecule is CCNC(=NCc1ccc(F)cc1)NCC(C)CN1CCN(CC)CC1. The van der Waals surface area contributed by atoms with Crippen LogP contribution < -0.4 is 10.6 Å². The maximum atomic E-state index is 13.0. The molecule has 1 aliphatic heterocycles. The van der Waals surface area contributed by atoms with Gasteiger partial charge in [0, 0.05) is 45.8 Å². The maximum absolute atomic E-state index is 13.0. The third kappa shape index (κ3) is 7.30. The van der Waals surface area contributed by atoms with Gasteiger partial charge in [-0.3, -0.25) is 0 Å². The first-order chi connectivity index (χ1) is 12.6. The number of rotatable bonds is 8. The fourth-order valence-electron chi connectivity index (χ4n) is 3.17. The minimum Gasteiger partial charge on any atom is -0.357 e. The molecule has 1 atom stereocenters. The van der Waals surface area contributed by atoms with Crippen LogP contribution in [0.4, 0.5) is 4.39 Å². The van der Waals surface area contributed by atoms with Crippen LogP contribution in [0.1, 0.15) is 26.3 Å². The van der Waals surface area contributed by atoms with Crippen LogP contribution in [0.5, 0.6) is 0 Å². The van der Waals surface area contributed by atoms with Crippen molar-refractivity contribution in [3.8, 4) is 0 Å². The van der Waals surface area contributed by atoms with Crippen molar-refractivity contribution >= 4 is 5.96 Å². The summed E-state index contributed by atoms with van der Waals surface area (Å²) in [4.78, 5) is 9.67. The largest absolute Gasteiger partial charge is 0.357 e. The normalized spacial score (nSPS) is 17.9. The second-order valence-electron chi connectivity index (χ2n) is 7.04. The van der Waals surface area contributed by atoms with Gasteiger partial charge in [0.15, 0.2) is 5.96 Å². The molecular formula is C20H34FN5. The van der Waals surface area contributed by atoms with Crippen molar-refractivity contribution in [2.45, 2.75) is 27.3 Å². The standard InChI is InChI=1S/C20H34FN5/c1-4-22-20(24-15-18-6-8-19(21)9-7-18)23-14-17(3)16-26-12-10-25(5-2)11-13-26/h6-9,17H,4-5,10-16H2,1-3H3,(H2,22,23,24). The molecule has 0 radical (unpaired) electrons. The summed E-state index contributed by atoms with van der Waals surface area (Å²) in [6, 6.07) is 6.51. The van der Waals surface area contributed by atoms with E-state index >= 15 is 0 Å². The zero-order valence-electron chi connectivity index (χ0n) is 16.5. The van der Waals surface area contributed by atoms with E-state index in [2.05, 4.69) is 46.2 Å². The van der Waals surface area contributed by atoms with Crippen molar-refractivity contribution in [2.24, 2.45) is 10.9 Å². The minimum absolute atomic E-state index is 0.212. The van der Waals surface area contributed by atoms with Gasteiger partial charge < -0.3 is 20.4 Å². The molecule has 5 nitrogen and oxygen atoms in total. The van der Waals surface area contributed by atoms with Crippen LogP contribution in [-0.4, -0.2) is 68.1 Å². The Bertz CT molecular complexity index is 538. The van der Waals surface area contributed by atoms with Crippen LogP contribution >= 0.6 is 0 Å².